The molecule has 0 aliphatic carbocycles. The smallest absolute Gasteiger partial charge is 0.270 e. The summed E-state index contributed by atoms with van der Waals surface area (Å²) in [5.74, 6) is 0. The summed E-state index contributed by atoms with van der Waals surface area (Å²) >= 11 is 1.46. The number of nitrogens with zero attached hydrogens (tertiary/aromatic N) is 3. The van der Waals surface area contributed by atoms with Gasteiger partial charge < -0.3 is 5.32 Å². The van der Waals surface area contributed by atoms with E-state index in [2.05, 4.69) is 22.4 Å². The largest absolute Gasteiger partial charge is 0.308 e. The molecule has 1 aromatic carbocycles. The lowest BCUT2D eigenvalue weighted by Crippen LogP contribution is -2.18. The maximum atomic E-state index is 10.8. The van der Waals surface area contributed by atoms with Crippen molar-refractivity contribution in [3.63, 3.8) is 0 Å². The van der Waals surface area contributed by atoms with Crippen molar-refractivity contribution in [3.8, 4) is 10.6 Å². The summed E-state index contributed by atoms with van der Waals surface area (Å²) in [6.07, 6.45) is 1.06. The molecule has 2 aromatic rings. The van der Waals surface area contributed by atoms with Crippen LogP contribution in [0.25, 0.3) is 10.6 Å². The van der Waals surface area contributed by atoms with E-state index in [4.69, 9.17) is 0 Å². The van der Waals surface area contributed by atoms with Crippen LogP contribution in [0.3, 0.4) is 0 Å². The van der Waals surface area contributed by atoms with Crippen molar-refractivity contribution in [2.24, 2.45) is 0 Å². The van der Waals surface area contributed by atoms with Gasteiger partial charge in [0.1, 0.15) is 10.0 Å². The molecule has 1 unspecified atom stereocenters. The van der Waals surface area contributed by atoms with Crippen molar-refractivity contribution in [1.29, 1.82) is 0 Å². The molecule has 0 bridgehead atoms. The van der Waals surface area contributed by atoms with Crippen LogP contribution in [-0.2, 0) is 0 Å². The summed E-state index contributed by atoms with van der Waals surface area (Å²) in [5, 5.41) is 24.0. The van der Waals surface area contributed by atoms with E-state index in [1.54, 1.807) is 12.1 Å². The average molecular weight is 292 g/mol. The van der Waals surface area contributed by atoms with Gasteiger partial charge in [0.15, 0.2) is 0 Å². The quantitative estimate of drug-likeness (QED) is 0.653. The number of non-ortho nitro benzene ring substituents is 1. The maximum Gasteiger partial charge on any atom is 0.270 e. The Morgan fingerprint density at radius 2 is 2.25 bits per heavy atom. The lowest BCUT2D eigenvalue weighted by Gasteiger charge is -2.08. The third-order valence-electron chi connectivity index (χ3n) is 2.82. The molecule has 0 amide bonds. The second kappa shape index (κ2) is 6.53. The fourth-order valence-electron chi connectivity index (χ4n) is 1.73. The van der Waals surface area contributed by atoms with Crippen LogP contribution >= 0.6 is 11.3 Å². The first-order valence-corrected chi connectivity index (χ1v) is 7.25. The van der Waals surface area contributed by atoms with Gasteiger partial charge in [-0.05, 0) is 19.9 Å². The molecule has 1 atom stereocenters. The average Bonchev–Trinajstić information content (AvgIpc) is 2.94. The van der Waals surface area contributed by atoms with E-state index in [9.17, 15) is 10.1 Å². The van der Waals surface area contributed by atoms with E-state index in [0.717, 1.165) is 23.5 Å². The molecule has 1 aromatic heterocycles. The van der Waals surface area contributed by atoms with Gasteiger partial charge in [0.05, 0.1) is 11.0 Å². The summed E-state index contributed by atoms with van der Waals surface area (Å²) in [4.78, 5) is 10.4. The minimum atomic E-state index is -0.406. The SMILES string of the molecule is CCCNC(C)c1nnc(-c2cccc([N+](=O)[O-])c2)s1. The molecule has 0 aliphatic heterocycles. The molecule has 7 heteroatoms. The number of rotatable bonds is 6. The van der Waals surface area contributed by atoms with Crippen molar-refractivity contribution in [3.05, 3.63) is 39.4 Å². The molecular weight excluding hydrogens is 276 g/mol. The Morgan fingerprint density at radius 3 is 2.95 bits per heavy atom. The van der Waals surface area contributed by atoms with Gasteiger partial charge in [-0.1, -0.05) is 30.4 Å². The van der Waals surface area contributed by atoms with Gasteiger partial charge >= 0.3 is 0 Å². The van der Waals surface area contributed by atoms with Crippen LogP contribution in [-0.4, -0.2) is 21.7 Å². The molecule has 106 valence electrons. The normalized spacial score (nSPS) is 12.3. The van der Waals surface area contributed by atoms with E-state index >= 15 is 0 Å². The number of benzene rings is 1. The molecule has 2 rings (SSSR count). The standard InChI is InChI=1S/C13H16N4O2S/c1-3-7-14-9(2)12-15-16-13(20-12)10-5-4-6-11(8-10)17(18)19/h4-6,8-9,14H,3,7H2,1-2H3. The predicted molar refractivity (Wildman–Crippen MR) is 78.7 cm³/mol. The van der Waals surface area contributed by atoms with Gasteiger partial charge in [0, 0.05) is 17.7 Å². The number of hydrogen-bond donors (Lipinski definition) is 1. The fraction of sp³-hybridized carbons (Fsp3) is 0.385. The molecule has 0 saturated heterocycles. The zero-order valence-electron chi connectivity index (χ0n) is 11.4. The molecule has 1 heterocycles. The highest BCUT2D eigenvalue weighted by atomic mass is 32.1. The summed E-state index contributed by atoms with van der Waals surface area (Å²) in [6, 6.07) is 6.60. The minimum absolute atomic E-state index is 0.0661. The fourth-order valence-corrected chi connectivity index (χ4v) is 2.59. The van der Waals surface area contributed by atoms with Crippen LogP contribution in [0.5, 0.6) is 0 Å². The van der Waals surface area contributed by atoms with Gasteiger partial charge in [-0.3, -0.25) is 10.1 Å². The summed E-state index contributed by atoms with van der Waals surface area (Å²) in [5.41, 5.74) is 0.794. The highest BCUT2D eigenvalue weighted by Gasteiger charge is 2.14. The van der Waals surface area contributed by atoms with Gasteiger partial charge in [-0.25, -0.2) is 0 Å². The van der Waals surface area contributed by atoms with Crippen molar-refractivity contribution in [2.45, 2.75) is 26.3 Å². The molecule has 6 nitrogen and oxygen atoms in total. The Kier molecular flexibility index (Phi) is 4.75. The van der Waals surface area contributed by atoms with E-state index in [1.807, 2.05) is 6.92 Å². The molecule has 0 fully saturated rings. The number of nitrogens with one attached hydrogen (secondary N) is 1. The van der Waals surface area contributed by atoms with Crippen LogP contribution in [0.4, 0.5) is 5.69 Å². The van der Waals surface area contributed by atoms with E-state index in [-0.39, 0.29) is 11.7 Å². The van der Waals surface area contributed by atoms with Crippen LogP contribution in [0.2, 0.25) is 0 Å². The first kappa shape index (κ1) is 14.5. The van der Waals surface area contributed by atoms with Gasteiger partial charge in [-0.15, -0.1) is 10.2 Å². The van der Waals surface area contributed by atoms with Crippen LogP contribution in [0, 0.1) is 10.1 Å². The highest BCUT2D eigenvalue weighted by Crippen LogP contribution is 2.28. The Balaban J connectivity index is 2.20. The summed E-state index contributed by atoms with van der Waals surface area (Å²) in [7, 11) is 0. The third kappa shape index (κ3) is 3.37. The molecule has 0 radical (unpaired) electrons. The zero-order chi connectivity index (χ0) is 14.5. The van der Waals surface area contributed by atoms with Crippen molar-refractivity contribution < 1.29 is 4.92 Å². The number of hydrogen-bond acceptors (Lipinski definition) is 6. The lowest BCUT2D eigenvalue weighted by atomic mass is 10.2. The first-order chi connectivity index (χ1) is 9.61. The number of aromatic nitrogens is 2. The summed E-state index contributed by atoms with van der Waals surface area (Å²) in [6.45, 7) is 5.06. The van der Waals surface area contributed by atoms with Crippen LogP contribution in [0.15, 0.2) is 24.3 Å². The van der Waals surface area contributed by atoms with Crippen molar-refractivity contribution in [1.82, 2.24) is 15.5 Å². The van der Waals surface area contributed by atoms with Gasteiger partial charge in [0.2, 0.25) is 0 Å². The Bertz CT molecular complexity index is 600. The number of nitro benzene ring substituents is 1. The zero-order valence-corrected chi connectivity index (χ0v) is 12.2. The van der Waals surface area contributed by atoms with E-state index < -0.39 is 4.92 Å². The topological polar surface area (TPSA) is 81.0 Å². The van der Waals surface area contributed by atoms with E-state index in [0.29, 0.717) is 5.01 Å². The molecule has 20 heavy (non-hydrogen) atoms. The third-order valence-corrected chi connectivity index (χ3v) is 3.97. The first-order valence-electron chi connectivity index (χ1n) is 6.43. The predicted octanol–water partition coefficient (Wildman–Crippen LogP) is 3.17. The lowest BCUT2D eigenvalue weighted by molar-refractivity contribution is -0.384. The Morgan fingerprint density at radius 1 is 1.45 bits per heavy atom. The second-order valence-corrected chi connectivity index (χ2v) is 5.44. The maximum absolute atomic E-state index is 10.8. The van der Waals surface area contributed by atoms with Crippen LogP contribution < -0.4 is 5.32 Å². The van der Waals surface area contributed by atoms with Gasteiger partial charge in [0.25, 0.3) is 5.69 Å². The van der Waals surface area contributed by atoms with Crippen molar-refractivity contribution >= 4 is 17.0 Å². The van der Waals surface area contributed by atoms with E-state index in [1.165, 1.54) is 23.5 Å². The molecule has 0 aliphatic rings. The number of nitro groups is 1. The second-order valence-electron chi connectivity index (χ2n) is 4.43. The molecule has 0 saturated carbocycles. The highest BCUT2D eigenvalue weighted by molar-refractivity contribution is 7.14. The van der Waals surface area contributed by atoms with Gasteiger partial charge in [-0.2, -0.15) is 0 Å². The molecule has 1 N–H and O–H groups in total. The summed E-state index contributed by atoms with van der Waals surface area (Å²) < 4.78 is 0. The van der Waals surface area contributed by atoms with Crippen LogP contribution in [0.1, 0.15) is 31.3 Å². The Hall–Kier alpha value is -1.86. The monoisotopic (exact) mass is 292 g/mol. The molecule has 0 spiro atoms. The molecular formula is C13H16N4O2S. The Labute approximate surface area is 121 Å². The minimum Gasteiger partial charge on any atom is -0.308 e. The van der Waals surface area contributed by atoms with Crippen molar-refractivity contribution in [2.75, 3.05) is 6.54 Å².